The number of hydrogen-bond donors (Lipinski definition) is 0. The van der Waals surface area contributed by atoms with Gasteiger partial charge in [0.15, 0.2) is 0 Å². The van der Waals surface area contributed by atoms with E-state index in [1.54, 1.807) is 19.2 Å². The van der Waals surface area contributed by atoms with Crippen LogP contribution in [0.3, 0.4) is 0 Å². The van der Waals surface area contributed by atoms with Crippen molar-refractivity contribution >= 4 is 5.97 Å². The summed E-state index contributed by atoms with van der Waals surface area (Å²) in [5.41, 5.74) is 0.702. The number of aryl methyl sites for hydroxylation is 1. The zero-order valence-electron chi connectivity index (χ0n) is 10.3. The maximum Gasteiger partial charge on any atom is 0.329 e. The first-order chi connectivity index (χ1) is 8.06. The molecule has 0 saturated carbocycles. The van der Waals surface area contributed by atoms with Crippen molar-refractivity contribution in [3.05, 3.63) is 34.2 Å². The zero-order chi connectivity index (χ0) is 12.8. The number of rotatable bonds is 5. The number of pyridine rings is 1. The van der Waals surface area contributed by atoms with Crippen LogP contribution in [0.4, 0.5) is 0 Å². The molecule has 0 saturated heterocycles. The van der Waals surface area contributed by atoms with Crippen molar-refractivity contribution < 1.29 is 14.3 Å². The summed E-state index contributed by atoms with van der Waals surface area (Å²) in [5.74, 6) is -0.435. The normalized spacial score (nSPS) is 12.2. The topological polar surface area (TPSA) is 57.5 Å². The van der Waals surface area contributed by atoms with Crippen molar-refractivity contribution in [3.63, 3.8) is 0 Å². The standard InChI is InChI=1S/C12H17NO4/c1-9-4-5-11(14)13(8-9)10(2)12(15)17-7-6-16-3/h4-5,8,10H,6-7H2,1-3H3. The fourth-order valence-electron chi connectivity index (χ4n) is 1.38. The molecule has 1 unspecified atom stereocenters. The third kappa shape index (κ3) is 3.71. The van der Waals surface area contributed by atoms with Crippen LogP contribution < -0.4 is 5.56 Å². The highest BCUT2D eigenvalue weighted by Gasteiger charge is 2.17. The number of ether oxygens (including phenoxy) is 2. The van der Waals surface area contributed by atoms with Crippen molar-refractivity contribution in [1.82, 2.24) is 4.57 Å². The van der Waals surface area contributed by atoms with E-state index in [1.807, 2.05) is 6.92 Å². The van der Waals surface area contributed by atoms with Crippen molar-refractivity contribution in [2.45, 2.75) is 19.9 Å². The zero-order valence-corrected chi connectivity index (χ0v) is 10.3. The summed E-state index contributed by atoms with van der Waals surface area (Å²) in [4.78, 5) is 23.2. The molecule has 0 aliphatic carbocycles. The molecule has 1 heterocycles. The van der Waals surface area contributed by atoms with Crippen LogP contribution in [0.15, 0.2) is 23.1 Å². The molecule has 5 nitrogen and oxygen atoms in total. The van der Waals surface area contributed by atoms with Gasteiger partial charge in [-0.2, -0.15) is 0 Å². The number of aromatic nitrogens is 1. The maximum atomic E-state index is 11.6. The highest BCUT2D eigenvalue weighted by atomic mass is 16.6. The Labute approximate surface area is 100.0 Å². The molecule has 94 valence electrons. The Bertz CT molecular complexity index is 438. The molecule has 5 heteroatoms. The number of carbonyl (C=O) groups is 1. The molecule has 0 N–H and O–H groups in total. The van der Waals surface area contributed by atoms with Crippen molar-refractivity contribution in [1.29, 1.82) is 0 Å². The first-order valence-corrected chi connectivity index (χ1v) is 5.40. The van der Waals surface area contributed by atoms with E-state index in [2.05, 4.69) is 0 Å². The Hall–Kier alpha value is -1.62. The molecule has 0 radical (unpaired) electrons. The van der Waals surface area contributed by atoms with Crippen LogP contribution in [0.2, 0.25) is 0 Å². The van der Waals surface area contributed by atoms with Gasteiger partial charge in [-0.15, -0.1) is 0 Å². The predicted molar refractivity (Wildman–Crippen MR) is 63.0 cm³/mol. The third-order valence-corrected chi connectivity index (χ3v) is 2.38. The van der Waals surface area contributed by atoms with Gasteiger partial charge in [-0.1, -0.05) is 6.07 Å². The molecule has 0 fully saturated rings. The Morgan fingerprint density at radius 1 is 1.41 bits per heavy atom. The van der Waals surface area contributed by atoms with E-state index in [4.69, 9.17) is 9.47 Å². The van der Waals surface area contributed by atoms with Crippen LogP contribution >= 0.6 is 0 Å². The molecule has 0 aliphatic rings. The molecular formula is C12H17NO4. The lowest BCUT2D eigenvalue weighted by Crippen LogP contribution is -2.29. The van der Waals surface area contributed by atoms with Gasteiger partial charge in [-0.05, 0) is 19.4 Å². The second-order valence-electron chi connectivity index (χ2n) is 3.79. The number of methoxy groups -OCH3 is 1. The van der Waals surface area contributed by atoms with Gasteiger partial charge in [0, 0.05) is 19.4 Å². The van der Waals surface area contributed by atoms with E-state index >= 15 is 0 Å². The molecule has 1 rings (SSSR count). The summed E-state index contributed by atoms with van der Waals surface area (Å²) in [6.45, 7) is 4.04. The second kappa shape index (κ2) is 6.20. The van der Waals surface area contributed by atoms with E-state index in [1.165, 1.54) is 17.7 Å². The van der Waals surface area contributed by atoms with Crippen molar-refractivity contribution in [2.24, 2.45) is 0 Å². The lowest BCUT2D eigenvalue weighted by Gasteiger charge is -2.14. The fraction of sp³-hybridized carbons (Fsp3) is 0.500. The van der Waals surface area contributed by atoms with Gasteiger partial charge in [-0.3, -0.25) is 4.79 Å². The van der Waals surface area contributed by atoms with Crippen LogP contribution in [-0.2, 0) is 14.3 Å². The first kappa shape index (κ1) is 13.4. The van der Waals surface area contributed by atoms with Crippen LogP contribution in [0.25, 0.3) is 0 Å². The number of nitrogens with zero attached hydrogens (tertiary/aromatic N) is 1. The molecule has 0 aromatic carbocycles. The van der Waals surface area contributed by atoms with Gasteiger partial charge in [0.05, 0.1) is 6.61 Å². The van der Waals surface area contributed by atoms with Gasteiger partial charge < -0.3 is 14.0 Å². The minimum atomic E-state index is -0.626. The lowest BCUT2D eigenvalue weighted by molar-refractivity contribution is -0.148. The van der Waals surface area contributed by atoms with E-state index in [0.717, 1.165) is 5.56 Å². The molecule has 1 aromatic rings. The summed E-state index contributed by atoms with van der Waals surface area (Å²) >= 11 is 0. The average molecular weight is 239 g/mol. The average Bonchev–Trinajstić information content (AvgIpc) is 2.31. The highest BCUT2D eigenvalue weighted by Crippen LogP contribution is 2.06. The molecule has 1 atom stereocenters. The molecule has 1 aromatic heterocycles. The van der Waals surface area contributed by atoms with E-state index in [0.29, 0.717) is 6.61 Å². The minimum absolute atomic E-state index is 0.195. The van der Waals surface area contributed by atoms with Gasteiger partial charge in [0.25, 0.3) is 5.56 Å². The number of hydrogen-bond acceptors (Lipinski definition) is 4. The van der Waals surface area contributed by atoms with Crippen LogP contribution in [0, 0.1) is 6.92 Å². The molecule has 0 bridgehead atoms. The van der Waals surface area contributed by atoms with E-state index in [9.17, 15) is 9.59 Å². The van der Waals surface area contributed by atoms with E-state index < -0.39 is 12.0 Å². The molecular weight excluding hydrogens is 222 g/mol. The number of esters is 1. The van der Waals surface area contributed by atoms with Crippen LogP contribution in [0.1, 0.15) is 18.5 Å². The Morgan fingerprint density at radius 3 is 2.76 bits per heavy atom. The first-order valence-electron chi connectivity index (χ1n) is 5.40. The van der Waals surface area contributed by atoms with Crippen molar-refractivity contribution in [3.8, 4) is 0 Å². The summed E-state index contributed by atoms with van der Waals surface area (Å²) in [5, 5.41) is 0. The van der Waals surface area contributed by atoms with Crippen molar-refractivity contribution in [2.75, 3.05) is 20.3 Å². The third-order valence-electron chi connectivity index (χ3n) is 2.38. The summed E-state index contributed by atoms with van der Waals surface area (Å²) < 4.78 is 11.1. The highest BCUT2D eigenvalue weighted by molar-refractivity contribution is 5.73. The van der Waals surface area contributed by atoms with Gasteiger partial charge in [0.2, 0.25) is 0 Å². The Balaban J connectivity index is 2.74. The maximum absolute atomic E-state index is 11.6. The van der Waals surface area contributed by atoms with Gasteiger partial charge in [0.1, 0.15) is 12.6 Å². The van der Waals surface area contributed by atoms with Crippen LogP contribution in [-0.4, -0.2) is 30.9 Å². The molecule has 0 amide bonds. The smallest absolute Gasteiger partial charge is 0.329 e. The lowest BCUT2D eigenvalue weighted by atomic mass is 10.2. The molecule has 0 aliphatic heterocycles. The largest absolute Gasteiger partial charge is 0.462 e. The summed E-state index contributed by atoms with van der Waals surface area (Å²) in [7, 11) is 1.53. The molecule has 0 spiro atoms. The SMILES string of the molecule is COCCOC(=O)C(C)n1cc(C)ccc1=O. The van der Waals surface area contributed by atoms with Gasteiger partial charge >= 0.3 is 5.97 Å². The van der Waals surface area contributed by atoms with E-state index in [-0.39, 0.29) is 12.2 Å². The molecule has 17 heavy (non-hydrogen) atoms. The Morgan fingerprint density at radius 2 is 2.12 bits per heavy atom. The minimum Gasteiger partial charge on any atom is -0.462 e. The second-order valence-corrected chi connectivity index (χ2v) is 3.79. The van der Waals surface area contributed by atoms with Crippen LogP contribution in [0.5, 0.6) is 0 Å². The quantitative estimate of drug-likeness (QED) is 0.566. The number of carbonyl (C=O) groups excluding carboxylic acids is 1. The van der Waals surface area contributed by atoms with Gasteiger partial charge in [-0.25, -0.2) is 4.79 Å². The monoisotopic (exact) mass is 239 g/mol. The Kier molecular flexibility index (Phi) is 4.90. The summed E-state index contributed by atoms with van der Waals surface area (Å²) in [6, 6.07) is 2.52. The fourth-order valence-corrected chi connectivity index (χ4v) is 1.38. The summed E-state index contributed by atoms with van der Waals surface area (Å²) in [6.07, 6.45) is 1.64. The predicted octanol–water partition coefficient (Wildman–Crippen LogP) is 0.907.